The van der Waals surface area contributed by atoms with Crippen LogP contribution in [0.1, 0.15) is 37.8 Å². The first-order valence-electron chi connectivity index (χ1n) is 9.00. The van der Waals surface area contributed by atoms with Crippen molar-refractivity contribution in [3.63, 3.8) is 0 Å². The van der Waals surface area contributed by atoms with E-state index in [1.807, 2.05) is 48.5 Å². The van der Waals surface area contributed by atoms with Crippen molar-refractivity contribution >= 4 is 11.8 Å². The van der Waals surface area contributed by atoms with Gasteiger partial charge in [0.1, 0.15) is 11.5 Å². The van der Waals surface area contributed by atoms with Crippen molar-refractivity contribution in [2.24, 2.45) is 0 Å². The summed E-state index contributed by atoms with van der Waals surface area (Å²) in [5.41, 5.74) is 6.98. The highest BCUT2D eigenvalue weighted by molar-refractivity contribution is 5.83. The number of benzene rings is 2. The zero-order chi connectivity index (χ0) is 19.6. The molecule has 2 aromatic rings. The Morgan fingerprint density at radius 3 is 1.67 bits per heavy atom. The minimum absolute atomic E-state index is 0.191. The molecule has 2 amide bonds. The lowest BCUT2D eigenvalue weighted by molar-refractivity contribution is -0.131. The number of amides is 2. The molecule has 0 spiro atoms. The Morgan fingerprint density at radius 2 is 1.26 bits per heavy atom. The van der Waals surface area contributed by atoms with Crippen LogP contribution >= 0.6 is 0 Å². The number of nitrogens with one attached hydrogen (secondary N) is 2. The average Bonchev–Trinajstić information content (AvgIpc) is 2.69. The highest BCUT2D eigenvalue weighted by Crippen LogP contribution is 2.18. The first-order valence-corrected chi connectivity index (χ1v) is 9.00. The van der Waals surface area contributed by atoms with Gasteiger partial charge in [0.15, 0.2) is 13.2 Å². The van der Waals surface area contributed by atoms with E-state index in [2.05, 4.69) is 31.6 Å². The van der Waals surface area contributed by atoms with Crippen LogP contribution in [0.3, 0.4) is 0 Å². The van der Waals surface area contributed by atoms with Gasteiger partial charge < -0.3 is 9.47 Å². The molecule has 0 aliphatic carbocycles. The minimum Gasteiger partial charge on any atom is -0.484 e. The van der Waals surface area contributed by atoms with E-state index >= 15 is 0 Å². The number of aryl methyl sites for hydroxylation is 1. The summed E-state index contributed by atoms with van der Waals surface area (Å²) in [5, 5.41) is 0. The Morgan fingerprint density at radius 1 is 0.815 bits per heavy atom. The maximum absolute atomic E-state index is 11.7. The third-order valence-electron chi connectivity index (χ3n) is 3.96. The van der Waals surface area contributed by atoms with E-state index in [9.17, 15) is 9.59 Å². The quantitative estimate of drug-likeness (QED) is 0.701. The molecular weight excluding hydrogens is 344 g/mol. The topological polar surface area (TPSA) is 76.7 Å². The van der Waals surface area contributed by atoms with Gasteiger partial charge in [-0.25, -0.2) is 0 Å². The van der Waals surface area contributed by atoms with Crippen LogP contribution in [0.2, 0.25) is 0 Å². The number of carbonyl (C=O) groups excluding carboxylic acids is 2. The zero-order valence-electron chi connectivity index (χ0n) is 16.0. The summed E-state index contributed by atoms with van der Waals surface area (Å²) >= 11 is 0. The fourth-order valence-electron chi connectivity index (χ4n) is 2.28. The van der Waals surface area contributed by atoms with E-state index in [1.165, 1.54) is 11.1 Å². The van der Waals surface area contributed by atoms with Gasteiger partial charge >= 0.3 is 0 Å². The van der Waals surface area contributed by atoms with Crippen LogP contribution in [-0.2, 0) is 16.0 Å². The summed E-state index contributed by atoms with van der Waals surface area (Å²) < 4.78 is 10.8. The Labute approximate surface area is 159 Å². The van der Waals surface area contributed by atoms with Crippen molar-refractivity contribution in [3.8, 4) is 11.5 Å². The van der Waals surface area contributed by atoms with Gasteiger partial charge in [-0.05, 0) is 47.7 Å². The second-order valence-electron chi connectivity index (χ2n) is 6.39. The Hall–Kier alpha value is -3.02. The van der Waals surface area contributed by atoms with Crippen LogP contribution in [0.5, 0.6) is 11.5 Å². The summed E-state index contributed by atoms with van der Waals surface area (Å²) in [7, 11) is 0. The Bertz CT molecular complexity index is 740. The van der Waals surface area contributed by atoms with Crippen molar-refractivity contribution in [1.29, 1.82) is 0 Å². The van der Waals surface area contributed by atoms with Crippen molar-refractivity contribution in [1.82, 2.24) is 10.9 Å². The average molecular weight is 370 g/mol. The van der Waals surface area contributed by atoms with Crippen molar-refractivity contribution in [2.75, 3.05) is 13.2 Å². The first-order chi connectivity index (χ1) is 13.0. The second kappa shape index (κ2) is 10.2. The molecule has 2 N–H and O–H groups in total. The standard InChI is InChI=1S/C21H26N2O4/c1-4-16-5-9-18(10-6-16)26-13-20(24)22-23-21(25)14-27-19-11-7-17(8-12-19)15(2)3/h5-12,15H,4,13-14H2,1-3H3,(H,22,24)(H,23,25). The first kappa shape index (κ1) is 20.3. The van der Waals surface area contributed by atoms with Crippen molar-refractivity contribution < 1.29 is 19.1 Å². The predicted molar refractivity (Wildman–Crippen MR) is 104 cm³/mol. The van der Waals surface area contributed by atoms with Gasteiger partial charge in [-0.15, -0.1) is 0 Å². The Balaban J connectivity index is 1.66. The maximum Gasteiger partial charge on any atom is 0.276 e. The fraction of sp³-hybridized carbons (Fsp3) is 0.333. The number of ether oxygens (including phenoxy) is 2. The SMILES string of the molecule is CCc1ccc(OCC(=O)NNC(=O)COc2ccc(C(C)C)cc2)cc1. The summed E-state index contributed by atoms with van der Waals surface area (Å²) in [5.74, 6) is 0.721. The third-order valence-corrected chi connectivity index (χ3v) is 3.96. The minimum atomic E-state index is -0.455. The number of rotatable bonds is 8. The molecule has 2 aromatic carbocycles. The number of hydrazine groups is 1. The van der Waals surface area contributed by atoms with E-state index in [1.54, 1.807) is 0 Å². The molecule has 6 nitrogen and oxygen atoms in total. The molecule has 0 saturated carbocycles. The summed E-state index contributed by atoms with van der Waals surface area (Å²) in [4.78, 5) is 23.5. The monoisotopic (exact) mass is 370 g/mol. The van der Waals surface area contributed by atoms with E-state index in [4.69, 9.17) is 9.47 Å². The molecule has 0 fully saturated rings. The largest absolute Gasteiger partial charge is 0.484 e. The van der Waals surface area contributed by atoms with Crippen LogP contribution in [0.25, 0.3) is 0 Å². The zero-order valence-corrected chi connectivity index (χ0v) is 16.0. The lowest BCUT2D eigenvalue weighted by Crippen LogP contribution is -2.45. The molecule has 0 atom stereocenters. The molecule has 2 rings (SSSR count). The molecule has 144 valence electrons. The Kier molecular flexibility index (Phi) is 7.67. The molecule has 0 aliphatic rings. The number of hydrogen-bond acceptors (Lipinski definition) is 4. The van der Waals surface area contributed by atoms with Crippen LogP contribution < -0.4 is 20.3 Å². The van der Waals surface area contributed by atoms with Gasteiger partial charge in [-0.2, -0.15) is 0 Å². The van der Waals surface area contributed by atoms with E-state index in [0.717, 1.165) is 6.42 Å². The molecular formula is C21H26N2O4. The molecule has 0 aliphatic heterocycles. The summed E-state index contributed by atoms with van der Waals surface area (Å²) in [6.07, 6.45) is 0.941. The molecule has 0 unspecified atom stereocenters. The van der Waals surface area contributed by atoms with Gasteiger partial charge in [0.2, 0.25) is 0 Å². The third kappa shape index (κ3) is 7.01. The van der Waals surface area contributed by atoms with E-state index in [-0.39, 0.29) is 13.2 Å². The lowest BCUT2D eigenvalue weighted by atomic mass is 10.0. The van der Waals surface area contributed by atoms with Gasteiger partial charge in [-0.1, -0.05) is 45.0 Å². The van der Waals surface area contributed by atoms with Gasteiger partial charge in [-0.3, -0.25) is 20.4 Å². The summed E-state index contributed by atoms with van der Waals surface area (Å²) in [6.45, 7) is 5.90. The van der Waals surface area contributed by atoms with Crippen LogP contribution in [0.15, 0.2) is 48.5 Å². The molecule has 0 heterocycles. The molecule has 0 aromatic heterocycles. The second-order valence-corrected chi connectivity index (χ2v) is 6.39. The normalized spacial score (nSPS) is 10.4. The lowest BCUT2D eigenvalue weighted by Gasteiger charge is -2.11. The molecule has 27 heavy (non-hydrogen) atoms. The molecule has 0 saturated heterocycles. The van der Waals surface area contributed by atoms with Crippen molar-refractivity contribution in [3.05, 3.63) is 59.7 Å². The van der Waals surface area contributed by atoms with Gasteiger partial charge in [0.25, 0.3) is 11.8 Å². The summed E-state index contributed by atoms with van der Waals surface area (Å²) in [6, 6.07) is 15.1. The smallest absolute Gasteiger partial charge is 0.276 e. The maximum atomic E-state index is 11.7. The van der Waals surface area contributed by atoms with Crippen LogP contribution in [-0.4, -0.2) is 25.0 Å². The highest BCUT2D eigenvalue weighted by Gasteiger charge is 2.07. The van der Waals surface area contributed by atoms with Crippen molar-refractivity contribution in [2.45, 2.75) is 33.1 Å². The number of hydrogen-bond donors (Lipinski definition) is 2. The molecule has 0 bridgehead atoms. The predicted octanol–water partition coefficient (Wildman–Crippen LogP) is 2.98. The van der Waals surface area contributed by atoms with Gasteiger partial charge in [0.05, 0.1) is 0 Å². The molecule has 6 heteroatoms. The van der Waals surface area contributed by atoms with Crippen LogP contribution in [0, 0.1) is 0 Å². The highest BCUT2D eigenvalue weighted by atomic mass is 16.5. The molecule has 0 radical (unpaired) electrons. The number of carbonyl (C=O) groups is 2. The fourth-order valence-corrected chi connectivity index (χ4v) is 2.28. The van der Waals surface area contributed by atoms with Crippen LogP contribution in [0.4, 0.5) is 0 Å². The van der Waals surface area contributed by atoms with Gasteiger partial charge in [0, 0.05) is 0 Å². The van der Waals surface area contributed by atoms with E-state index < -0.39 is 11.8 Å². The van der Waals surface area contributed by atoms with E-state index in [0.29, 0.717) is 17.4 Å².